The summed E-state index contributed by atoms with van der Waals surface area (Å²) < 4.78 is 5.28. The molecule has 5 nitrogen and oxygen atoms in total. The molecule has 3 aliphatic rings. The van der Waals surface area contributed by atoms with E-state index in [1.54, 1.807) is 0 Å². The molecule has 1 N–H and O–H groups in total. The van der Waals surface area contributed by atoms with Crippen LogP contribution in [0.4, 0.5) is 0 Å². The highest BCUT2D eigenvalue weighted by Gasteiger charge is 2.43. The van der Waals surface area contributed by atoms with E-state index >= 15 is 0 Å². The predicted octanol–water partition coefficient (Wildman–Crippen LogP) is 0.435. The normalized spacial score (nSPS) is 33.9. The highest BCUT2D eigenvalue weighted by Crippen LogP contribution is 2.28. The monoisotopic (exact) mass is 252 g/mol. The molecule has 5 heteroatoms. The van der Waals surface area contributed by atoms with Crippen molar-refractivity contribution in [1.29, 1.82) is 0 Å². The van der Waals surface area contributed by atoms with Gasteiger partial charge >= 0.3 is 0 Å². The second-order valence-corrected chi connectivity index (χ2v) is 5.52. The van der Waals surface area contributed by atoms with E-state index < -0.39 is 0 Å². The zero-order valence-electron chi connectivity index (χ0n) is 10.6. The largest absolute Gasteiger partial charge is 0.380 e. The van der Waals surface area contributed by atoms with Gasteiger partial charge in [-0.3, -0.25) is 14.5 Å². The van der Waals surface area contributed by atoms with E-state index in [1.807, 2.05) is 0 Å². The van der Waals surface area contributed by atoms with Crippen molar-refractivity contribution < 1.29 is 14.3 Å². The molecule has 3 rings (SSSR count). The van der Waals surface area contributed by atoms with Crippen molar-refractivity contribution in [3.8, 4) is 0 Å². The van der Waals surface area contributed by atoms with E-state index in [0.717, 1.165) is 38.7 Å². The van der Waals surface area contributed by atoms with Crippen LogP contribution in [0.2, 0.25) is 0 Å². The van der Waals surface area contributed by atoms with Crippen molar-refractivity contribution in [1.82, 2.24) is 10.2 Å². The fourth-order valence-corrected chi connectivity index (χ4v) is 3.28. The second kappa shape index (κ2) is 4.97. The zero-order valence-corrected chi connectivity index (χ0v) is 10.6. The highest BCUT2D eigenvalue weighted by molar-refractivity contribution is 6.05. The maximum Gasteiger partial charge on any atom is 0.247 e. The summed E-state index contributed by atoms with van der Waals surface area (Å²) in [6.07, 6.45) is 5.49. The van der Waals surface area contributed by atoms with Gasteiger partial charge in [-0.05, 0) is 19.3 Å². The standard InChI is InChI=1S/C13H20N2O3/c16-12-7-11(14-9-5-6-18-8-9)13(17)15(12)10-3-1-2-4-10/h9-11,14H,1-8H2. The lowest BCUT2D eigenvalue weighted by Crippen LogP contribution is -2.46. The molecule has 0 bridgehead atoms. The number of ether oxygens (including phenoxy) is 1. The van der Waals surface area contributed by atoms with Gasteiger partial charge in [0, 0.05) is 18.7 Å². The van der Waals surface area contributed by atoms with E-state index in [1.165, 1.54) is 4.90 Å². The first-order chi connectivity index (χ1) is 8.75. The number of hydrogen-bond acceptors (Lipinski definition) is 4. The number of nitrogens with zero attached hydrogens (tertiary/aromatic N) is 1. The molecule has 1 aliphatic carbocycles. The lowest BCUT2D eigenvalue weighted by Gasteiger charge is -2.23. The summed E-state index contributed by atoms with van der Waals surface area (Å²) >= 11 is 0. The average molecular weight is 252 g/mol. The highest BCUT2D eigenvalue weighted by atomic mass is 16.5. The summed E-state index contributed by atoms with van der Waals surface area (Å²) in [5.41, 5.74) is 0. The Kier molecular flexibility index (Phi) is 3.35. The smallest absolute Gasteiger partial charge is 0.247 e. The summed E-state index contributed by atoms with van der Waals surface area (Å²) in [7, 11) is 0. The van der Waals surface area contributed by atoms with Crippen LogP contribution in [0.5, 0.6) is 0 Å². The average Bonchev–Trinajstić information content (AvgIpc) is 3.03. The number of nitrogens with one attached hydrogen (secondary N) is 1. The van der Waals surface area contributed by atoms with Gasteiger partial charge in [-0.15, -0.1) is 0 Å². The summed E-state index contributed by atoms with van der Waals surface area (Å²) in [6, 6.07) is 0.0803. The van der Waals surface area contributed by atoms with Crippen LogP contribution in [0.25, 0.3) is 0 Å². The first-order valence-corrected chi connectivity index (χ1v) is 6.95. The maximum atomic E-state index is 12.3. The number of likely N-dealkylation sites (tertiary alicyclic amines) is 1. The molecule has 0 aromatic heterocycles. The van der Waals surface area contributed by atoms with Gasteiger partial charge < -0.3 is 10.1 Å². The van der Waals surface area contributed by atoms with Crippen molar-refractivity contribution in [2.75, 3.05) is 13.2 Å². The minimum atomic E-state index is -0.315. The molecular formula is C13H20N2O3. The number of amides is 2. The van der Waals surface area contributed by atoms with Crippen molar-refractivity contribution in [3.05, 3.63) is 0 Å². The summed E-state index contributed by atoms with van der Waals surface area (Å²) in [5, 5.41) is 3.27. The molecule has 0 aromatic carbocycles. The zero-order chi connectivity index (χ0) is 12.5. The Bertz CT molecular complexity index is 346. The first-order valence-electron chi connectivity index (χ1n) is 6.95. The summed E-state index contributed by atoms with van der Waals surface area (Å²) in [4.78, 5) is 25.8. The SMILES string of the molecule is O=C1CC(NC2CCOC2)C(=O)N1C1CCCC1. The molecule has 2 atom stereocenters. The number of carbonyl (C=O) groups excluding carboxylic acids is 2. The number of rotatable bonds is 3. The predicted molar refractivity (Wildman–Crippen MR) is 64.9 cm³/mol. The molecule has 2 unspecified atom stereocenters. The Morgan fingerprint density at radius 1 is 1.17 bits per heavy atom. The molecule has 2 saturated heterocycles. The Hall–Kier alpha value is -0.940. The first kappa shape index (κ1) is 12.1. The lowest BCUT2D eigenvalue weighted by molar-refractivity contribution is -0.141. The third kappa shape index (κ3) is 2.17. The van der Waals surface area contributed by atoms with Gasteiger partial charge in [0.15, 0.2) is 0 Å². The van der Waals surface area contributed by atoms with Crippen LogP contribution in [-0.2, 0) is 14.3 Å². The van der Waals surface area contributed by atoms with Crippen LogP contribution in [0.3, 0.4) is 0 Å². The van der Waals surface area contributed by atoms with Crippen molar-refractivity contribution in [2.45, 2.75) is 56.7 Å². The Balaban J connectivity index is 1.63. The Morgan fingerprint density at radius 2 is 1.94 bits per heavy atom. The van der Waals surface area contributed by atoms with E-state index in [4.69, 9.17) is 4.74 Å². The van der Waals surface area contributed by atoms with Crippen LogP contribution in [-0.4, -0.2) is 48.1 Å². The Labute approximate surface area is 107 Å². The molecule has 0 spiro atoms. The van der Waals surface area contributed by atoms with E-state index in [0.29, 0.717) is 13.0 Å². The third-order valence-electron chi connectivity index (χ3n) is 4.24. The number of imide groups is 1. The van der Waals surface area contributed by atoms with Gasteiger partial charge in [0.25, 0.3) is 0 Å². The minimum Gasteiger partial charge on any atom is -0.380 e. The molecule has 0 aromatic rings. The van der Waals surface area contributed by atoms with Gasteiger partial charge in [0.05, 0.1) is 19.1 Å². The molecule has 2 amide bonds. The molecule has 2 heterocycles. The fourth-order valence-electron chi connectivity index (χ4n) is 3.28. The quantitative estimate of drug-likeness (QED) is 0.740. The van der Waals surface area contributed by atoms with Gasteiger partial charge in [0.2, 0.25) is 11.8 Å². The molecule has 100 valence electrons. The van der Waals surface area contributed by atoms with Crippen LogP contribution in [0, 0.1) is 0 Å². The number of hydrogen-bond donors (Lipinski definition) is 1. The summed E-state index contributed by atoms with van der Waals surface area (Å²) in [5.74, 6) is -0.0119. The minimum absolute atomic E-state index is 0.00307. The van der Waals surface area contributed by atoms with Crippen LogP contribution < -0.4 is 5.32 Å². The van der Waals surface area contributed by atoms with Crippen molar-refractivity contribution in [2.24, 2.45) is 0 Å². The van der Waals surface area contributed by atoms with Gasteiger partial charge in [-0.25, -0.2) is 0 Å². The van der Waals surface area contributed by atoms with E-state index in [9.17, 15) is 9.59 Å². The fraction of sp³-hybridized carbons (Fsp3) is 0.846. The topological polar surface area (TPSA) is 58.6 Å². The van der Waals surface area contributed by atoms with E-state index in [-0.39, 0.29) is 29.9 Å². The van der Waals surface area contributed by atoms with E-state index in [2.05, 4.69) is 5.32 Å². The molecule has 0 radical (unpaired) electrons. The van der Waals surface area contributed by atoms with Crippen LogP contribution in [0.15, 0.2) is 0 Å². The third-order valence-corrected chi connectivity index (χ3v) is 4.24. The number of carbonyl (C=O) groups is 2. The summed E-state index contributed by atoms with van der Waals surface area (Å²) in [6.45, 7) is 1.40. The molecular weight excluding hydrogens is 232 g/mol. The molecule has 1 saturated carbocycles. The van der Waals surface area contributed by atoms with Crippen molar-refractivity contribution in [3.63, 3.8) is 0 Å². The van der Waals surface area contributed by atoms with Gasteiger partial charge in [0.1, 0.15) is 0 Å². The maximum absolute atomic E-state index is 12.3. The molecule has 2 aliphatic heterocycles. The molecule has 18 heavy (non-hydrogen) atoms. The Morgan fingerprint density at radius 3 is 2.61 bits per heavy atom. The van der Waals surface area contributed by atoms with Crippen LogP contribution >= 0.6 is 0 Å². The van der Waals surface area contributed by atoms with Gasteiger partial charge in [-0.1, -0.05) is 12.8 Å². The second-order valence-electron chi connectivity index (χ2n) is 5.52. The van der Waals surface area contributed by atoms with Crippen LogP contribution in [0.1, 0.15) is 38.5 Å². The molecule has 3 fully saturated rings. The van der Waals surface area contributed by atoms with Gasteiger partial charge in [-0.2, -0.15) is 0 Å². The lowest BCUT2D eigenvalue weighted by atomic mass is 10.2. The van der Waals surface area contributed by atoms with Crippen molar-refractivity contribution >= 4 is 11.8 Å².